The van der Waals surface area contributed by atoms with Crippen LogP contribution in [0.25, 0.3) is 0 Å². The van der Waals surface area contributed by atoms with Crippen LogP contribution in [0.1, 0.15) is 48.4 Å². The first-order chi connectivity index (χ1) is 15.8. The third-order valence-electron chi connectivity index (χ3n) is 5.01. The van der Waals surface area contributed by atoms with Crippen LogP contribution in [0.15, 0.2) is 65.1 Å². The number of imide groups is 1. The molecule has 0 radical (unpaired) electrons. The van der Waals surface area contributed by atoms with E-state index in [-0.39, 0.29) is 27.9 Å². The SMILES string of the molecule is CCOc1ccccc1N1C(=O)c2ccc(C(=O)Nc3ccc(Br)cc3C(=O)O)cc2C1=O. The van der Waals surface area contributed by atoms with Crippen molar-refractivity contribution in [3.63, 3.8) is 0 Å². The van der Waals surface area contributed by atoms with Crippen molar-refractivity contribution in [1.29, 1.82) is 0 Å². The lowest BCUT2D eigenvalue weighted by Crippen LogP contribution is -2.29. The monoisotopic (exact) mass is 508 g/mol. The number of carboxylic acids is 1. The summed E-state index contributed by atoms with van der Waals surface area (Å²) in [6.45, 7) is 2.16. The number of carbonyl (C=O) groups is 4. The largest absolute Gasteiger partial charge is 0.492 e. The second kappa shape index (κ2) is 8.87. The Hall–Kier alpha value is -3.98. The minimum atomic E-state index is -1.20. The Kier molecular flexibility index (Phi) is 5.97. The zero-order valence-corrected chi connectivity index (χ0v) is 18.9. The molecule has 1 heterocycles. The van der Waals surface area contributed by atoms with Gasteiger partial charge in [0.25, 0.3) is 17.7 Å². The number of hydrogen-bond donors (Lipinski definition) is 2. The highest BCUT2D eigenvalue weighted by Crippen LogP contribution is 2.35. The van der Waals surface area contributed by atoms with Gasteiger partial charge in [0.05, 0.1) is 34.7 Å². The Morgan fingerprint density at radius 2 is 1.73 bits per heavy atom. The number of benzene rings is 3. The van der Waals surface area contributed by atoms with Crippen molar-refractivity contribution in [2.75, 3.05) is 16.8 Å². The molecular formula is C24H17BrN2O6. The quantitative estimate of drug-likeness (QED) is 0.470. The number of nitrogens with one attached hydrogen (secondary N) is 1. The van der Waals surface area contributed by atoms with E-state index in [2.05, 4.69) is 21.2 Å². The van der Waals surface area contributed by atoms with Crippen LogP contribution in [0.4, 0.5) is 11.4 Å². The second-order valence-corrected chi connectivity index (χ2v) is 7.97. The standard InChI is InChI=1S/C24H17BrN2O6/c1-2-33-20-6-4-3-5-19(20)27-22(29)15-9-7-13(11-16(15)23(27)30)21(28)26-18-10-8-14(25)12-17(18)24(31)32/h3-12H,2H2,1H3,(H,26,28)(H,31,32). The van der Waals surface area contributed by atoms with Crippen LogP contribution in [0.2, 0.25) is 0 Å². The van der Waals surface area contributed by atoms with Crippen molar-refractivity contribution in [2.24, 2.45) is 0 Å². The van der Waals surface area contributed by atoms with Crippen molar-refractivity contribution in [2.45, 2.75) is 6.92 Å². The van der Waals surface area contributed by atoms with E-state index in [0.29, 0.717) is 22.5 Å². The molecule has 4 rings (SSSR count). The van der Waals surface area contributed by atoms with Crippen LogP contribution in [0, 0.1) is 0 Å². The van der Waals surface area contributed by atoms with Crippen molar-refractivity contribution in [1.82, 2.24) is 0 Å². The van der Waals surface area contributed by atoms with Crippen molar-refractivity contribution in [3.8, 4) is 5.75 Å². The lowest BCUT2D eigenvalue weighted by atomic mass is 10.0. The number of ether oxygens (including phenoxy) is 1. The summed E-state index contributed by atoms with van der Waals surface area (Å²) in [5, 5.41) is 11.9. The van der Waals surface area contributed by atoms with Crippen molar-refractivity contribution >= 4 is 51.0 Å². The van der Waals surface area contributed by atoms with Gasteiger partial charge in [-0.1, -0.05) is 28.1 Å². The van der Waals surface area contributed by atoms with Gasteiger partial charge in [0.1, 0.15) is 5.75 Å². The molecule has 0 unspecified atom stereocenters. The molecule has 8 nitrogen and oxygen atoms in total. The van der Waals surface area contributed by atoms with E-state index in [0.717, 1.165) is 4.90 Å². The molecule has 1 aliphatic rings. The number of carbonyl (C=O) groups excluding carboxylic acids is 3. The number of nitrogens with zero attached hydrogens (tertiary/aromatic N) is 1. The van der Waals surface area contributed by atoms with E-state index >= 15 is 0 Å². The van der Waals surface area contributed by atoms with Crippen LogP contribution < -0.4 is 15.0 Å². The highest BCUT2D eigenvalue weighted by molar-refractivity contribution is 9.10. The van der Waals surface area contributed by atoms with Crippen LogP contribution in [0.5, 0.6) is 5.75 Å². The van der Waals surface area contributed by atoms with Crippen LogP contribution in [-0.2, 0) is 0 Å². The molecule has 0 spiro atoms. The average Bonchev–Trinajstić information content (AvgIpc) is 3.05. The fraction of sp³-hybridized carbons (Fsp3) is 0.0833. The molecule has 0 fully saturated rings. The molecule has 3 aromatic rings. The number of amides is 3. The summed E-state index contributed by atoms with van der Waals surface area (Å²) in [5.74, 6) is -2.52. The van der Waals surface area contributed by atoms with Gasteiger partial charge in [-0.05, 0) is 55.5 Å². The number of anilines is 2. The molecule has 0 aliphatic carbocycles. The van der Waals surface area contributed by atoms with Crippen molar-refractivity contribution in [3.05, 3.63) is 87.4 Å². The Morgan fingerprint density at radius 1 is 1.00 bits per heavy atom. The molecule has 2 N–H and O–H groups in total. The van der Waals surface area contributed by atoms with Crippen molar-refractivity contribution < 1.29 is 29.0 Å². The first-order valence-corrected chi connectivity index (χ1v) is 10.7. The molecule has 0 bridgehead atoms. The van der Waals surface area contributed by atoms with Gasteiger partial charge in [-0.3, -0.25) is 14.4 Å². The summed E-state index contributed by atoms with van der Waals surface area (Å²) in [7, 11) is 0. The minimum absolute atomic E-state index is 0.0771. The maximum Gasteiger partial charge on any atom is 0.337 e. The Balaban J connectivity index is 1.65. The number of aromatic carboxylic acids is 1. The lowest BCUT2D eigenvalue weighted by molar-refractivity contribution is 0.0697. The summed E-state index contributed by atoms with van der Waals surface area (Å²) in [6, 6.07) is 15.3. The summed E-state index contributed by atoms with van der Waals surface area (Å²) in [4.78, 5) is 51.4. The van der Waals surface area contributed by atoms with Gasteiger partial charge in [0, 0.05) is 10.0 Å². The highest BCUT2D eigenvalue weighted by Gasteiger charge is 2.38. The normalized spacial score (nSPS) is 12.5. The molecule has 1 aliphatic heterocycles. The number of carboxylic acid groups (broad SMARTS) is 1. The van der Waals surface area contributed by atoms with E-state index < -0.39 is 23.7 Å². The summed E-state index contributed by atoms with van der Waals surface area (Å²) in [6.07, 6.45) is 0. The topological polar surface area (TPSA) is 113 Å². The van der Waals surface area contributed by atoms with E-state index in [9.17, 15) is 24.3 Å². The second-order valence-electron chi connectivity index (χ2n) is 7.06. The van der Waals surface area contributed by atoms with Gasteiger partial charge in [0.2, 0.25) is 0 Å². The summed E-state index contributed by atoms with van der Waals surface area (Å²) in [5.41, 5.74) is 0.673. The Bertz CT molecular complexity index is 1320. The van der Waals surface area contributed by atoms with Crippen LogP contribution >= 0.6 is 15.9 Å². The van der Waals surface area contributed by atoms with Gasteiger partial charge in [-0.2, -0.15) is 0 Å². The average molecular weight is 509 g/mol. The van der Waals surface area contributed by atoms with Crippen LogP contribution in [-0.4, -0.2) is 35.4 Å². The molecule has 166 valence electrons. The maximum absolute atomic E-state index is 13.1. The number of para-hydroxylation sites is 2. The third-order valence-corrected chi connectivity index (χ3v) is 5.51. The third kappa shape index (κ3) is 4.10. The van der Waals surface area contributed by atoms with Crippen LogP contribution in [0.3, 0.4) is 0 Å². The summed E-state index contributed by atoms with van der Waals surface area (Å²) < 4.78 is 6.10. The predicted octanol–water partition coefficient (Wildman–Crippen LogP) is 4.60. The van der Waals surface area contributed by atoms with Gasteiger partial charge < -0.3 is 15.2 Å². The van der Waals surface area contributed by atoms with Gasteiger partial charge >= 0.3 is 5.97 Å². The zero-order chi connectivity index (χ0) is 23.7. The number of hydrogen-bond acceptors (Lipinski definition) is 5. The molecule has 9 heteroatoms. The molecular weight excluding hydrogens is 492 g/mol. The fourth-order valence-corrected chi connectivity index (χ4v) is 3.88. The number of rotatable bonds is 6. The van der Waals surface area contributed by atoms with Gasteiger partial charge in [-0.25, -0.2) is 9.69 Å². The minimum Gasteiger partial charge on any atom is -0.492 e. The Labute approximate surface area is 196 Å². The smallest absolute Gasteiger partial charge is 0.337 e. The molecule has 0 aromatic heterocycles. The molecule has 3 aromatic carbocycles. The van der Waals surface area contributed by atoms with Gasteiger partial charge in [0.15, 0.2) is 0 Å². The molecule has 0 saturated heterocycles. The summed E-state index contributed by atoms with van der Waals surface area (Å²) >= 11 is 3.20. The van der Waals surface area contributed by atoms with E-state index in [1.54, 1.807) is 37.3 Å². The highest BCUT2D eigenvalue weighted by atomic mass is 79.9. The molecule has 0 saturated carbocycles. The molecule has 3 amide bonds. The molecule has 0 atom stereocenters. The Morgan fingerprint density at radius 3 is 2.45 bits per heavy atom. The van der Waals surface area contributed by atoms with Gasteiger partial charge in [-0.15, -0.1) is 0 Å². The van der Waals surface area contributed by atoms with E-state index in [1.165, 1.54) is 30.3 Å². The number of halogens is 1. The molecule has 33 heavy (non-hydrogen) atoms. The van der Waals surface area contributed by atoms with E-state index in [1.807, 2.05) is 0 Å². The lowest BCUT2D eigenvalue weighted by Gasteiger charge is -2.17. The number of fused-ring (bicyclic) bond motifs is 1. The first-order valence-electron chi connectivity index (χ1n) is 9.90. The first kappa shape index (κ1) is 22.2. The predicted molar refractivity (Wildman–Crippen MR) is 124 cm³/mol. The zero-order valence-electron chi connectivity index (χ0n) is 17.3. The maximum atomic E-state index is 13.1. The fourth-order valence-electron chi connectivity index (χ4n) is 3.52. The van der Waals surface area contributed by atoms with E-state index in [4.69, 9.17) is 4.74 Å².